The SMILES string of the molecule is CC1C=C2CC(CNC34CCCC(CC(C)(O)C3)C4)CC(N)(C2)C1. The molecule has 3 fully saturated rings. The summed E-state index contributed by atoms with van der Waals surface area (Å²) in [4.78, 5) is 0. The van der Waals surface area contributed by atoms with Gasteiger partial charge in [0.25, 0.3) is 0 Å². The fourth-order valence-corrected chi connectivity index (χ4v) is 6.97. The summed E-state index contributed by atoms with van der Waals surface area (Å²) in [7, 11) is 0. The van der Waals surface area contributed by atoms with Crippen LogP contribution >= 0.6 is 0 Å². The zero-order valence-corrected chi connectivity index (χ0v) is 15.6. The fraction of sp³-hybridized carbons (Fsp3) is 0.905. The van der Waals surface area contributed by atoms with Crippen molar-refractivity contribution in [1.29, 1.82) is 0 Å². The van der Waals surface area contributed by atoms with Crippen molar-refractivity contribution >= 4 is 0 Å². The lowest BCUT2D eigenvalue weighted by atomic mass is 9.61. The average molecular weight is 333 g/mol. The first kappa shape index (κ1) is 17.1. The van der Waals surface area contributed by atoms with Crippen LogP contribution in [0, 0.1) is 17.8 Å². The van der Waals surface area contributed by atoms with Gasteiger partial charge in [0, 0.05) is 11.1 Å². The number of rotatable bonds is 3. The summed E-state index contributed by atoms with van der Waals surface area (Å²) >= 11 is 0. The van der Waals surface area contributed by atoms with Crippen LogP contribution in [0.15, 0.2) is 11.6 Å². The van der Waals surface area contributed by atoms with E-state index in [-0.39, 0.29) is 11.1 Å². The molecule has 4 bridgehead atoms. The van der Waals surface area contributed by atoms with Crippen molar-refractivity contribution in [2.24, 2.45) is 23.5 Å². The Morgan fingerprint density at radius 1 is 1.29 bits per heavy atom. The monoisotopic (exact) mass is 332 g/mol. The molecule has 0 radical (unpaired) electrons. The van der Waals surface area contributed by atoms with Gasteiger partial charge < -0.3 is 16.2 Å². The molecule has 6 unspecified atom stereocenters. The van der Waals surface area contributed by atoms with Crippen LogP contribution in [-0.2, 0) is 0 Å². The predicted molar refractivity (Wildman–Crippen MR) is 98.7 cm³/mol. The van der Waals surface area contributed by atoms with Crippen molar-refractivity contribution in [3.8, 4) is 0 Å². The van der Waals surface area contributed by atoms with Crippen molar-refractivity contribution in [2.45, 2.75) is 94.7 Å². The number of nitrogens with one attached hydrogen (secondary N) is 1. The molecule has 3 saturated carbocycles. The van der Waals surface area contributed by atoms with Gasteiger partial charge in [-0.15, -0.1) is 0 Å². The Labute approximate surface area is 147 Å². The van der Waals surface area contributed by atoms with Gasteiger partial charge >= 0.3 is 0 Å². The minimum atomic E-state index is -0.480. The van der Waals surface area contributed by atoms with Crippen LogP contribution in [-0.4, -0.2) is 28.3 Å². The molecule has 24 heavy (non-hydrogen) atoms. The number of nitrogens with two attached hydrogens (primary N) is 1. The van der Waals surface area contributed by atoms with Gasteiger partial charge in [0.1, 0.15) is 0 Å². The van der Waals surface area contributed by atoms with E-state index < -0.39 is 5.60 Å². The Bertz CT molecular complexity index is 528. The molecule has 4 N–H and O–H groups in total. The molecule has 0 aliphatic heterocycles. The second kappa shape index (κ2) is 5.82. The highest BCUT2D eigenvalue weighted by Crippen LogP contribution is 2.48. The highest BCUT2D eigenvalue weighted by Gasteiger charge is 2.47. The zero-order valence-electron chi connectivity index (χ0n) is 15.6. The first-order valence-corrected chi connectivity index (χ1v) is 10.2. The van der Waals surface area contributed by atoms with Crippen LogP contribution in [0.3, 0.4) is 0 Å². The van der Waals surface area contributed by atoms with Crippen molar-refractivity contribution in [1.82, 2.24) is 5.32 Å². The van der Waals surface area contributed by atoms with Crippen LogP contribution in [0.2, 0.25) is 0 Å². The smallest absolute Gasteiger partial charge is 0.0640 e. The Morgan fingerprint density at radius 2 is 2.12 bits per heavy atom. The highest BCUT2D eigenvalue weighted by molar-refractivity contribution is 5.20. The van der Waals surface area contributed by atoms with Crippen LogP contribution < -0.4 is 11.1 Å². The second-order valence-electron chi connectivity index (χ2n) is 10.3. The number of hydrogen-bond donors (Lipinski definition) is 3. The van der Waals surface area contributed by atoms with E-state index in [0.29, 0.717) is 17.8 Å². The Balaban J connectivity index is 1.42. The molecule has 0 aromatic heterocycles. The lowest BCUT2D eigenvalue weighted by Gasteiger charge is -2.52. The average Bonchev–Trinajstić information content (AvgIpc) is 2.41. The topological polar surface area (TPSA) is 58.3 Å². The van der Waals surface area contributed by atoms with Crippen LogP contribution in [0.25, 0.3) is 0 Å². The first-order chi connectivity index (χ1) is 11.3. The summed E-state index contributed by atoms with van der Waals surface area (Å²) in [6.45, 7) is 5.44. The van der Waals surface area contributed by atoms with Gasteiger partial charge in [-0.1, -0.05) is 31.4 Å². The van der Waals surface area contributed by atoms with E-state index in [2.05, 4.69) is 18.3 Å². The number of allylic oxidation sites excluding steroid dienone is 1. The Hall–Kier alpha value is -0.380. The van der Waals surface area contributed by atoms with E-state index in [0.717, 1.165) is 38.6 Å². The summed E-state index contributed by atoms with van der Waals surface area (Å²) in [5.41, 5.74) is 8.07. The molecule has 0 amide bonds. The van der Waals surface area contributed by atoms with E-state index in [1.165, 1.54) is 32.1 Å². The number of fused-ring (bicyclic) bond motifs is 4. The standard InChI is InChI=1S/C21H36N2O/c1-15-6-17-7-18(11-20(22,8-15)10-17)13-23-21-5-3-4-16(12-21)9-19(2,24)14-21/h6,15-16,18,23-24H,3-5,7-14,22H2,1-2H3. The fourth-order valence-electron chi connectivity index (χ4n) is 6.97. The molecule has 4 rings (SSSR count). The lowest BCUT2D eigenvalue weighted by Crippen LogP contribution is -2.59. The van der Waals surface area contributed by atoms with Crippen molar-refractivity contribution in [3.63, 3.8) is 0 Å². The van der Waals surface area contributed by atoms with E-state index in [1.807, 2.05) is 6.92 Å². The maximum atomic E-state index is 10.7. The van der Waals surface area contributed by atoms with Crippen LogP contribution in [0.1, 0.15) is 78.1 Å². The Morgan fingerprint density at radius 3 is 2.92 bits per heavy atom. The molecule has 4 aliphatic rings. The van der Waals surface area contributed by atoms with Gasteiger partial charge in [0.2, 0.25) is 0 Å². The summed E-state index contributed by atoms with van der Waals surface area (Å²) in [6, 6.07) is 0. The van der Waals surface area contributed by atoms with E-state index in [9.17, 15) is 5.11 Å². The maximum absolute atomic E-state index is 10.7. The van der Waals surface area contributed by atoms with Crippen LogP contribution in [0.5, 0.6) is 0 Å². The molecule has 0 aromatic carbocycles. The van der Waals surface area contributed by atoms with Crippen molar-refractivity contribution < 1.29 is 5.11 Å². The molecule has 0 heterocycles. The zero-order chi connectivity index (χ0) is 17.0. The van der Waals surface area contributed by atoms with Crippen LogP contribution in [0.4, 0.5) is 0 Å². The third-order valence-electron chi connectivity index (χ3n) is 7.23. The molecule has 4 aliphatic carbocycles. The quantitative estimate of drug-likeness (QED) is 0.693. The highest BCUT2D eigenvalue weighted by atomic mass is 16.3. The molecule has 0 spiro atoms. The van der Waals surface area contributed by atoms with Gasteiger partial charge in [-0.05, 0) is 82.6 Å². The molecule has 3 heteroatoms. The summed E-state index contributed by atoms with van der Waals surface area (Å²) in [6.07, 6.45) is 14.2. The van der Waals surface area contributed by atoms with Gasteiger partial charge in [-0.2, -0.15) is 0 Å². The summed E-state index contributed by atoms with van der Waals surface area (Å²) in [5.74, 6) is 2.04. The molecule has 136 valence electrons. The summed E-state index contributed by atoms with van der Waals surface area (Å²) < 4.78 is 0. The lowest BCUT2D eigenvalue weighted by molar-refractivity contribution is -0.0595. The number of aliphatic hydroxyl groups is 1. The molecule has 0 aromatic rings. The minimum absolute atomic E-state index is 0.0406. The molecular formula is C21H36N2O. The molecular weight excluding hydrogens is 296 g/mol. The maximum Gasteiger partial charge on any atom is 0.0640 e. The van der Waals surface area contributed by atoms with Gasteiger partial charge in [-0.3, -0.25) is 0 Å². The van der Waals surface area contributed by atoms with E-state index >= 15 is 0 Å². The third kappa shape index (κ3) is 3.45. The van der Waals surface area contributed by atoms with Gasteiger partial charge in [-0.25, -0.2) is 0 Å². The normalized spacial score (nSPS) is 51.2. The number of hydrogen-bond acceptors (Lipinski definition) is 3. The van der Waals surface area contributed by atoms with E-state index in [1.54, 1.807) is 5.57 Å². The van der Waals surface area contributed by atoms with Gasteiger partial charge in [0.05, 0.1) is 5.60 Å². The van der Waals surface area contributed by atoms with E-state index in [4.69, 9.17) is 5.73 Å². The molecule has 0 saturated heterocycles. The molecule has 6 atom stereocenters. The van der Waals surface area contributed by atoms with Crippen molar-refractivity contribution in [2.75, 3.05) is 6.54 Å². The molecule has 3 nitrogen and oxygen atoms in total. The largest absolute Gasteiger partial charge is 0.390 e. The first-order valence-electron chi connectivity index (χ1n) is 10.2. The van der Waals surface area contributed by atoms with Crippen molar-refractivity contribution in [3.05, 3.63) is 11.6 Å². The third-order valence-corrected chi connectivity index (χ3v) is 7.23. The second-order valence-corrected chi connectivity index (χ2v) is 10.3. The van der Waals surface area contributed by atoms with Gasteiger partial charge in [0.15, 0.2) is 0 Å². The summed E-state index contributed by atoms with van der Waals surface area (Å²) in [5, 5.41) is 14.7. The predicted octanol–water partition coefficient (Wildman–Crippen LogP) is 3.51. The minimum Gasteiger partial charge on any atom is -0.390 e. The Kier molecular flexibility index (Phi) is 4.14.